The monoisotopic (exact) mass is 360 g/mol. The molecule has 1 fully saturated rings. The van der Waals surface area contributed by atoms with Crippen molar-refractivity contribution in [3.63, 3.8) is 0 Å². The lowest BCUT2D eigenvalue weighted by atomic mass is 10.2. The molecule has 1 heterocycles. The number of carbonyl (C=O) groups is 1. The zero-order valence-corrected chi connectivity index (χ0v) is 14.9. The first-order valence-corrected chi connectivity index (χ1v) is 9.37. The second-order valence-corrected chi connectivity index (χ2v) is 8.27. The third-order valence-corrected chi connectivity index (χ3v) is 5.68. The van der Waals surface area contributed by atoms with Crippen LogP contribution in [0.1, 0.15) is 23.2 Å². The van der Waals surface area contributed by atoms with E-state index >= 15 is 0 Å². The van der Waals surface area contributed by atoms with Gasteiger partial charge in [-0.25, -0.2) is 17.7 Å². The average Bonchev–Trinajstić information content (AvgIpc) is 3.40. The van der Waals surface area contributed by atoms with Gasteiger partial charge in [0.05, 0.1) is 16.8 Å². The fourth-order valence-corrected chi connectivity index (χ4v) is 3.08. The van der Waals surface area contributed by atoms with Gasteiger partial charge in [-0.3, -0.25) is 4.79 Å². The number of amides is 1. The molecule has 132 valence electrons. The van der Waals surface area contributed by atoms with Crippen molar-refractivity contribution in [2.75, 3.05) is 24.7 Å². The molecular formula is C17H20N4O3S. The van der Waals surface area contributed by atoms with Crippen molar-refractivity contribution < 1.29 is 13.2 Å². The summed E-state index contributed by atoms with van der Waals surface area (Å²) in [7, 11) is -0.577. The van der Waals surface area contributed by atoms with Gasteiger partial charge in [0, 0.05) is 25.7 Å². The molecule has 3 rings (SSSR count). The molecule has 1 saturated carbocycles. The number of nitrogens with zero attached hydrogens (tertiary/aromatic N) is 2. The summed E-state index contributed by atoms with van der Waals surface area (Å²) < 4.78 is 25.2. The maximum Gasteiger partial charge on any atom is 0.255 e. The van der Waals surface area contributed by atoms with Crippen molar-refractivity contribution in [2.24, 2.45) is 0 Å². The lowest BCUT2D eigenvalue weighted by Gasteiger charge is -2.11. The highest BCUT2D eigenvalue weighted by Crippen LogP contribution is 2.24. The molecule has 1 aliphatic carbocycles. The third kappa shape index (κ3) is 4.15. The van der Waals surface area contributed by atoms with Gasteiger partial charge in [0.25, 0.3) is 5.91 Å². The largest absolute Gasteiger partial charge is 0.367 e. The van der Waals surface area contributed by atoms with Crippen molar-refractivity contribution in [2.45, 2.75) is 23.8 Å². The Bertz CT molecular complexity index is 858. The van der Waals surface area contributed by atoms with Gasteiger partial charge >= 0.3 is 0 Å². The highest BCUT2D eigenvalue weighted by Gasteiger charge is 2.21. The molecule has 0 atom stereocenters. The minimum absolute atomic E-state index is 0.145. The SMILES string of the molecule is CN(C)S(=O)(=O)c1ccc(C(=O)Nc2ccc(NC3CC3)nc2)cc1. The molecule has 1 aliphatic rings. The number of pyridine rings is 1. The number of nitrogens with one attached hydrogen (secondary N) is 2. The van der Waals surface area contributed by atoms with E-state index in [1.807, 2.05) is 6.07 Å². The maximum atomic E-state index is 12.3. The standard InChI is InChI=1S/C17H20N4O3S/c1-21(2)25(23,24)15-8-3-12(4-9-15)17(22)20-14-7-10-16(18-11-14)19-13-5-6-13/h3-4,7-11,13H,5-6H2,1-2H3,(H,18,19)(H,20,22). The first-order chi connectivity index (χ1) is 11.9. The van der Waals surface area contributed by atoms with E-state index in [0.717, 1.165) is 10.1 Å². The van der Waals surface area contributed by atoms with Gasteiger partial charge in [0.1, 0.15) is 5.82 Å². The normalized spacial score (nSPS) is 14.4. The minimum Gasteiger partial charge on any atom is -0.367 e. The fourth-order valence-electron chi connectivity index (χ4n) is 2.18. The number of benzene rings is 1. The zero-order valence-electron chi connectivity index (χ0n) is 14.1. The number of anilines is 2. The zero-order chi connectivity index (χ0) is 18.0. The molecule has 25 heavy (non-hydrogen) atoms. The Morgan fingerprint density at radius 3 is 2.32 bits per heavy atom. The summed E-state index contributed by atoms with van der Waals surface area (Å²) in [6.07, 6.45) is 3.92. The summed E-state index contributed by atoms with van der Waals surface area (Å²) in [6, 6.07) is 9.94. The highest BCUT2D eigenvalue weighted by molar-refractivity contribution is 7.89. The van der Waals surface area contributed by atoms with E-state index in [2.05, 4.69) is 15.6 Å². The second kappa shape index (κ2) is 6.81. The van der Waals surface area contributed by atoms with Crippen molar-refractivity contribution in [3.8, 4) is 0 Å². The van der Waals surface area contributed by atoms with Crippen LogP contribution in [0.4, 0.5) is 11.5 Å². The summed E-state index contributed by atoms with van der Waals surface area (Å²) >= 11 is 0. The average molecular weight is 360 g/mol. The van der Waals surface area contributed by atoms with Crippen molar-refractivity contribution in [3.05, 3.63) is 48.2 Å². The molecule has 1 amide bonds. The number of sulfonamides is 1. The van der Waals surface area contributed by atoms with Crippen molar-refractivity contribution in [1.29, 1.82) is 0 Å². The van der Waals surface area contributed by atoms with Crippen LogP contribution < -0.4 is 10.6 Å². The molecule has 0 bridgehead atoms. The molecule has 0 spiro atoms. The Kier molecular flexibility index (Phi) is 4.73. The predicted molar refractivity (Wildman–Crippen MR) is 96.1 cm³/mol. The fraction of sp³-hybridized carbons (Fsp3) is 0.294. The Labute approximate surface area is 147 Å². The number of hydrogen-bond acceptors (Lipinski definition) is 5. The number of hydrogen-bond donors (Lipinski definition) is 2. The molecule has 2 aromatic rings. The lowest BCUT2D eigenvalue weighted by Crippen LogP contribution is -2.22. The van der Waals surface area contributed by atoms with Crippen LogP contribution in [0, 0.1) is 0 Å². The molecule has 2 N–H and O–H groups in total. The number of carbonyl (C=O) groups excluding carboxylic acids is 1. The first kappa shape index (κ1) is 17.4. The molecule has 0 aliphatic heterocycles. The van der Waals surface area contributed by atoms with Gasteiger partial charge in [-0.1, -0.05) is 0 Å². The Balaban J connectivity index is 1.66. The van der Waals surface area contributed by atoms with E-state index in [1.54, 1.807) is 12.3 Å². The van der Waals surface area contributed by atoms with Crippen molar-refractivity contribution >= 4 is 27.4 Å². The molecule has 0 unspecified atom stereocenters. The molecule has 1 aromatic heterocycles. The summed E-state index contributed by atoms with van der Waals surface area (Å²) in [5.74, 6) is 0.470. The van der Waals surface area contributed by atoms with Crippen LogP contribution in [0.3, 0.4) is 0 Å². The van der Waals surface area contributed by atoms with Gasteiger partial charge in [-0.05, 0) is 49.2 Å². The van der Waals surface area contributed by atoms with Gasteiger partial charge in [-0.2, -0.15) is 0 Å². The Morgan fingerprint density at radius 2 is 1.80 bits per heavy atom. The van der Waals surface area contributed by atoms with Crippen LogP contribution in [0.15, 0.2) is 47.5 Å². The van der Waals surface area contributed by atoms with E-state index in [9.17, 15) is 13.2 Å². The highest BCUT2D eigenvalue weighted by atomic mass is 32.2. The van der Waals surface area contributed by atoms with Crippen LogP contribution in [0.25, 0.3) is 0 Å². The predicted octanol–water partition coefficient (Wildman–Crippen LogP) is 2.16. The first-order valence-electron chi connectivity index (χ1n) is 7.93. The van der Waals surface area contributed by atoms with Crippen LogP contribution in [-0.4, -0.2) is 43.8 Å². The van der Waals surface area contributed by atoms with E-state index in [4.69, 9.17) is 0 Å². The van der Waals surface area contributed by atoms with Gasteiger partial charge < -0.3 is 10.6 Å². The topological polar surface area (TPSA) is 91.4 Å². The van der Waals surface area contributed by atoms with Crippen LogP contribution in [0.5, 0.6) is 0 Å². The number of rotatable bonds is 6. The van der Waals surface area contributed by atoms with Gasteiger partial charge in [0.2, 0.25) is 10.0 Å². The summed E-state index contributed by atoms with van der Waals surface area (Å²) in [4.78, 5) is 16.7. The third-order valence-electron chi connectivity index (χ3n) is 3.85. The van der Waals surface area contributed by atoms with Crippen LogP contribution in [-0.2, 0) is 10.0 Å². The number of aromatic nitrogens is 1. The molecular weight excluding hydrogens is 340 g/mol. The van der Waals surface area contributed by atoms with Gasteiger partial charge in [-0.15, -0.1) is 0 Å². The lowest BCUT2D eigenvalue weighted by molar-refractivity contribution is 0.102. The van der Waals surface area contributed by atoms with E-state index in [-0.39, 0.29) is 10.8 Å². The smallest absolute Gasteiger partial charge is 0.255 e. The molecule has 0 saturated heterocycles. The Morgan fingerprint density at radius 1 is 1.12 bits per heavy atom. The molecule has 7 nitrogen and oxygen atoms in total. The maximum absolute atomic E-state index is 12.3. The van der Waals surface area contributed by atoms with Crippen molar-refractivity contribution in [1.82, 2.24) is 9.29 Å². The summed E-state index contributed by atoms with van der Waals surface area (Å²) in [5, 5.41) is 6.02. The Hall–Kier alpha value is -2.45. The van der Waals surface area contributed by atoms with E-state index in [0.29, 0.717) is 17.3 Å². The molecule has 0 radical (unpaired) electrons. The quantitative estimate of drug-likeness (QED) is 0.824. The van der Waals surface area contributed by atoms with E-state index < -0.39 is 10.0 Å². The molecule has 8 heteroatoms. The summed E-state index contributed by atoms with van der Waals surface area (Å²) in [5.41, 5.74) is 0.953. The minimum atomic E-state index is -3.50. The van der Waals surface area contributed by atoms with E-state index in [1.165, 1.54) is 51.2 Å². The second-order valence-electron chi connectivity index (χ2n) is 6.12. The van der Waals surface area contributed by atoms with Crippen LogP contribution in [0.2, 0.25) is 0 Å². The summed E-state index contributed by atoms with van der Waals surface area (Å²) in [6.45, 7) is 0. The van der Waals surface area contributed by atoms with Crippen LogP contribution >= 0.6 is 0 Å². The molecule has 1 aromatic carbocycles. The van der Waals surface area contributed by atoms with Gasteiger partial charge in [0.15, 0.2) is 0 Å².